The Morgan fingerprint density at radius 1 is 1.47 bits per heavy atom. The molecule has 2 unspecified atom stereocenters. The highest BCUT2D eigenvalue weighted by molar-refractivity contribution is 5.93. The molecule has 0 spiro atoms. The molecule has 1 aliphatic rings. The maximum Gasteiger partial charge on any atom is 0.339 e. The molecule has 1 aliphatic carbocycles. The van der Waals surface area contributed by atoms with Crippen LogP contribution in [0.15, 0.2) is 0 Å². The molecule has 17 heavy (non-hydrogen) atoms. The van der Waals surface area contributed by atoms with Crippen molar-refractivity contribution >= 4 is 5.97 Å². The van der Waals surface area contributed by atoms with E-state index >= 15 is 0 Å². The SMILES string of the molecule is COC(=O)c1c(C2CC2CN)c(C)n(C)c1C. The fraction of sp³-hybridized carbons (Fsp3) is 0.615. The van der Waals surface area contributed by atoms with Gasteiger partial charge in [-0.15, -0.1) is 0 Å². The Kier molecular flexibility index (Phi) is 3.00. The molecule has 1 aromatic rings. The van der Waals surface area contributed by atoms with Gasteiger partial charge in [-0.3, -0.25) is 0 Å². The van der Waals surface area contributed by atoms with Crippen LogP contribution in [0.25, 0.3) is 0 Å². The monoisotopic (exact) mass is 236 g/mol. The van der Waals surface area contributed by atoms with Gasteiger partial charge in [-0.2, -0.15) is 0 Å². The van der Waals surface area contributed by atoms with Crippen LogP contribution < -0.4 is 5.73 Å². The minimum Gasteiger partial charge on any atom is -0.465 e. The van der Waals surface area contributed by atoms with Gasteiger partial charge in [-0.1, -0.05) is 0 Å². The van der Waals surface area contributed by atoms with Crippen LogP contribution in [0.3, 0.4) is 0 Å². The molecule has 0 amide bonds. The van der Waals surface area contributed by atoms with Crippen molar-refractivity contribution in [3.8, 4) is 0 Å². The standard InChI is InChI=1S/C13H20N2O2/c1-7-11(10-5-9(10)6-14)12(13(16)17-4)8(2)15(7)3/h9-10H,5-6,14H2,1-4H3. The highest BCUT2D eigenvalue weighted by atomic mass is 16.5. The van der Waals surface area contributed by atoms with Crippen LogP contribution in [-0.4, -0.2) is 24.2 Å². The summed E-state index contributed by atoms with van der Waals surface area (Å²) in [5.74, 6) is 0.733. The minimum atomic E-state index is -0.233. The number of hydrogen-bond acceptors (Lipinski definition) is 3. The number of methoxy groups -OCH3 is 1. The van der Waals surface area contributed by atoms with E-state index in [9.17, 15) is 4.79 Å². The molecule has 2 rings (SSSR count). The lowest BCUT2D eigenvalue weighted by Gasteiger charge is -2.04. The highest BCUT2D eigenvalue weighted by Crippen LogP contribution is 2.50. The smallest absolute Gasteiger partial charge is 0.339 e. The van der Waals surface area contributed by atoms with Crippen LogP contribution in [0.2, 0.25) is 0 Å². The van der Waals surface area contributed by atoms with Crippen LogP contribution in [0.4, 0.5) is 0 Å². The molecule has 4 heteroatoms. The summed E-state index contributed by atoms with van der Waals surface area (Å²) in [6.07, 6.45) is 1.09. The van der Waals surface area contributed by atoms with Crippen molar-refractivity contribution in [1.82, 2.24) is 4.57 Å². The summed E-state index contributed by atoms with van der Waals surface area (Å²) in [7, 11) is 3.42. The number of ether oxygens (including phenoxy) is 1. The van der Waals surface area contributed by atoms with Crippen molar-refractivity contribution in [1.29, 1.82) is 0 Å². The lowest BCUT2D eigenvalue weighted by Crippen LogP contribution is -2.07. The van der Waals surface area contributed by atoms with E-state index in [1.54, 1.807) is 0 Å². The van der Waals surface area contributed by atoms with Gasteiger partial charge < -0.3 is 15.0 Å². The summed E-state index contributed by atoms with van der Waals surface area (Å²) in [4.78, 5) is 11.9. The van der Waals surface area contributed by atoms with E-state index in [2.05, 4.69) is 11.5 Å². The fourth-order valence-corrected chi connectivity index (χ4v) is 2.65. The normalized spacial score (nSPS) is 22.6. The third-order valence-electron chi connectivity index (χ3n) is 4.01. The molecular weight excluding hydrogens is 216 g/mol. The maximum atomic E-state index is 11.9. The summed E-state index contributed by atoms with van der Waals surface area (Å²) in [6, 6.07) is 0. The second-order valence-electron chi connectivity index (χ2n) is 4.85. The lowest BCUT2D eigenvalue weighted by atomic mass is 10.0. The first kappa shape index (κ1) is 12.2. The Labute approximate surface area is 102 Å². The van der Waals surface area contributed by atoms with Crippen molar-refractivity contribution in [3.05, 3.63) is 22.5 Å². The molecule has 4 nitrogen and oxygen atoms in total. The lowest BCUT2D eigenvalue weighted by molar-refractivity contribution is 0.0598. The van der Waals surface area contributed by atoms with Gasteiger partial charge in [0.05, 0.1) is 12.7 Å². The van der Waals surface area contributed by atoms with Gasteiger partial charge >= 0.3 is 5.97 Å². The zero-order valence-corrected chi connectivity index (χ0v) is 10.9. The molecule has 2 atom stereocenters. The molecular formula is C13H20N2O2. The molecule has 1 saturated carbocycles. The molecule has 0 saturated heterocycles. The van der Waals surface area contributed by atoms with E-state index in [1.807, 2.05) is 14.0 Å². The Balaban J connectivity index is 2.50. The predicted molar refractivity (Wildman–Crippen MR) is 66.1 cm³/mol. The number of aromatic nitrogens is 1. The van der Waals surface area contributed by atoms with Crippen LogP contribution in [0, 0.1) is 19.8 Å². The van der Waals surface area contributed by atoms with Crippen molar-refractivity contribution in [2.75, 3.05) is 13.7 Å². The number of nitrogens with zero attached hydrogens (tertiary/aromatic N) is 1. The highest BCUT2D eigenvalue weighted by Gasteiger charge is 2.42. The summed E-state index contributed by atoms with van der Waals surface area (Å²) in [5, 5.41) is 0. The van der Waals surface area contributed by atoms with Gasteiger partial charge in [0, 0.05) is 18.4 Å². The minimum absolute atomic E-state index is 0.233. The van der Waals surface area contributed by atoms with Gasteiger partial charge in [0.1, 0.15) is 0 Å². The van der Waals surface area contributed by atoms with Crippen molar-refractivity contribution in [2.24, 2.45) is 18.7 Å². The largest absolute Gasteiger partial charge is 0.465 e. The number of rotatable bonds is 3. The van der Waals surface area contributed by atoms with E-state index in [-0.39, 0.29) is 5.97 Å². The van der Waals surface area contributed by atoms with Crippen LogP contribution in [0.5, 0.6) is 0 Å². The number of esters is 1. The van der Waals surface area contributed by atoms with E-state index < -0.39 is 0 Å². The molecule has 0 radical (unpaired) electrons. The molecule has 1 aromatic heterocycles. The molecule has 1 heterocycles. The van der Waals surface area contributed by atoms with E-state index in [0.29, 0.717) is 18.4 Å². The molecule has 94 valence electrons. The topological polar surface area (TPSA) is 57.2 Å². The fourth-order valence-electron chi connectivity index (χ4n) is 2.65. The quantitative estimate of drug-likeness (QED) is 0.809. The first-order chi connectivity index (χ1) is 8.02. The van der Waals surface area contributed by atoms with E-state index in [4.69, 9.17) is 10.5 Å². The third kappa shape index (κ3) is 1.76. The van der Waals surface area contributed by atoms with Gasteiger partial charge in [-0.25, -0.2) is 4.79 Å². The summed E-state index contributed by atoms with van der Waals surface area (Å²) in [5.41, 5.74) is 9.72. The van der Waals surface area contributed by atoms with E-state index in [0.717, 1.165) is 28.9 Å². The Hall–Kier alpha value is -1.29. The van der Waals surface area contributed by atoms with Crippen molar-refractivity contribution < 1.29 is 9.53 Å². The van der Waals surface area contributed by atoms with E-state index in [1.165, 1.54) is 7.11 Å². The second kappa shape index (κ2) is 4.18. The average Bonchev–Trinajstić information content (AvgIpc) is 3.07. The Morgan fingerprint density at radius 3 is 2.59 bits per heavy atom. The predicted octanol–water partition coefficient (Wildman–Crippen LogP) is 1.49. The van der Waals surface area contributed by atoms with Crippen molar-refractivity contribution in [3.63, 3.8) is 0 Å². The van der Waals surface area contributed by atoms with Crippen LogP contribution >= 0.6 is 0 Å². The summed E-state index contributed by atoms with van der Waals surface area (Å²) in [6.45, 7) is 4.71. The molecule has 0 aromatic carbocycles. The van der Waals surface area contributed by atoms with Crippen molar-refractivity contribution in [2.45, 2.75) is 26.2 Å². The molecule has 0 aliphatic heterocycles. The van der Waals surface area contributed by atoms with Gasteiger partial charge in [-0.05, 0) is 44.2 Å². The number of hydrogen-bond donors (Lipinski definition) is 1. The first-order valence-electron chi connectivity index (χ1n) is 5.97. The second-order valence-corrected chi connectivity index (χ2v) is 4.85. The zero-order chi connectivity index (χ0) is 12.7. The maximum absolute atomic E-state index is 11.9. The Morgan fingerprint density at radius 2 is 2.12 bits per heavy atom. The number of nitrogens with two attached hydrogens (primary N) is 1. The van der Waals surface area contributed by atoms with Crippen LogP contribution in [-0.2, 0) is 11.8 Å². The summed E-state index contributed by atoms with van der Waals surface area (Å²) < 4.78 is 6.95. The first-order valence-corrected chi connectivity index (χ1v) is 5.97. The Bertz CT molecular complexity index is 462. The average molecular weight is 236 g/mol. The van der Waals surface area contributed by atoms with Gasteiger partial charge in [0.2, 0.25) is 0 Å². The molecule has 1 fully saturated rings. The van der Waals surface area contributed by atoms with Gasteiger partial charge in [0.25, 0.3) is 0 Å². The third-order valence-corrected chi connectivity index (χ3v) is 4.01. The van der Waals surface area contributed by atoms with Crippen LogP contribution in [0.1, 0.15) is 39.6 Å². The number of carbonyl (C=O) groups excluding carboxylic acids is 1. The summed E-state index contributed by atoms with van der Waals surface area (Å²) >= 11 is 0. The molecule has 0 bridgehead atoms. The number of carbonyl (C=O) groups is 1. The molecule has 2 N–H and O–H groups in total. The van der Waals surface area contributed by atoms with Gasteiger partial charge in [0.15, 0.2) is 0 Å². The zero-order valence-electron chi connectivity index (χ0n) is 10.9.